The SMILES string of the molecule is CSCCC(NC(=O)C(Cc1cnc[nH]1)NC(=O)C(N)CCC(=O)O)C(=O)NC(C(=O)O)C(C)C. The molecule has 0 aliphatic heterocycles. The Bertz CT molecular complexity index is 864. The number of carboxylic acids is 2. The van der Waals surface area contributed by atoms with E-state index < -0.39 is 53.8 Å². The van der Waals surface area contributed by atoms with Gasteiger partial charge in [-0.1, -0.05) is 13.8 Å². The molecule has 0 aliphatic rings. The van der Waals surface area contributed by atoms with Crippen LogP contribution in [0.2, 0.25) is 0 Å². The van der Waals surface area contributed by atoms with Gasteiger partial charge in [-0.25, -0.2) is 9.78 Å². The molecule has 0 fully saturated rings. The Morgan fingerprint density at radius 1 is 1.03 bits per heavy atom. The van der Waals surface area contributed by atoms with Gasteiger partial charge in [0.1, 0.15) is 18.1 Å². The van der Waals surface area contributed by atoms with E-state index in [2.05, 4.69) is 25.9 Å². The third kappa shape index (κ3) is 10.8. The molecule has 1 aromatic heterocycles. The van der Waals surface area contributed by atoms with Gasteiger partial charge in [0.15, 0.2) is 0 Å². The second-order valence-electron chi connectivity index (χ2n) is 8.29. The van der Waals surface area contributed by atoms with Gasteiger partial charge in [-0.15, -0.1) is 0 Å². The van der Waals surface area contributed by atoms with Crippen LogP contribution in [0.3, 0.4) is 0 Å². The van der Waals surface area contributed by atoms with Crippen molar-refractivity contribution in [3.8, 4) is 0 Å². The molecule has 0 saturated carbocycles. The minimum Gasteiger partial charge on any atom is -0.481 e. The fraction of sp³-hybridized carbons (Fsp3) is 0.619. The van der Waals surface area contributed by atoms with Crippen LogP contribution in [0, 0.1) is 5.92 Å². The first-order valence-corrected chi connectivity index (χ1v) is 12.4. The summed E-state index contributed by atoms with van der Waals surface area (Å²) in [5.41, 5.74) is 6.29. The molecule has 196 valence electrons. The third-order valence-electron chi connectivity index (χ3n) is 5.09. The number of hydrogen-bond donors (Lipinski definition) is 7. The van der Waals surface area contributed by atoms with Crippen LogP contribution in [-0.4, -0.2) is 86.0 Å². The van der Waals surface area contributed by atoms with Crippen LogP contribution in [0.15, 0.2) is 12.5 Å². The number of hydrogen-bond acceptors (Lipinski definition) is 8. The number of aliphatic carboxylic acids is 2. The molecule has 14 heteroatoms. The number of imidazole rings is 1. The van der Waals surface area contributed by atoms with Gasteiger partial charge >= 0.3 is 11.9 Å². The first-order chi connectivity index (χ1) is 16.5. The Kier molecular flexibility index (Phi) is 12.8. The van der Waals surface area contributed by atoms with Crippen LogP contribution in [0.5, 0.6) is 0 Å². The van der Waals surface area contributed by atoms with E-state index in [9.17, 15) is 29.1 Å². The minimum absolute atomic E-state index is 0.00381. The number of aromatic amines is 1. The average molecular weight is 515 g/mol. The Balaban J connectivity index is 3.01. The fourth-order valence-corrected chi connectivity index (χ4v) is 3.53. The van der Waals surface area contributed by atoms with Gasteiger partial charge in [0.25, 0.3) is 0 Å². The topological polar surface area (TPSA) is 217 Å². The number of nitrogens with one attached hydrogen (secondary N) is 4. The molecule has 4 unspecified atom stereocenters. The van der Waals surface area contributed by atoms with Crippen LogP contribution in [0.25, 0.3) is 0 Å². The summed E-state index contributed by atoms with van der Waals surface area (Å²) in [5.74, 6) is -4.23. The second-order valence-corrected chi connectivity index (χ2v) is 9.28. The standard InChI is InChI=1S/C21H34N6O7S/c1-11(2)17(21(33)34)27-19(31)14(6-7-35-3)25-20(32)15(8-12-9-23-10-24-12)26-18(30)13(22)4-5-16(28)29/h9-11,13-15,17H,4-8,22H2,1-3H3,(H,23,24)(H,25,32)(H,26,30)(H,27,31)(H,28,29)(H,33,34). The number of carbonyl (C=O) groups is 5. The Labute approximate surface area is 207 Å². The molecule has 8 N–H and O–H groups in total. The van der Waals surface area contributed by atoms with Crippen LogP contribution < -0.4 is 21.7 Å². The zero-order valence-electron chi connectivity index (χ0n) is 19.9. The van der Waals surface area contributed by atoms with Gasteiger partial charge in [-0.2, -0.15) is 11.8 Å². The van der Waals surface area contributed by atoms with E-state index in [1.54, 1.807) is 13.8 Å². The van der Waals surface area contributed by atoms with Crippen molar-refractivity contribution in [3.63, 3.8) is 0 Å². The summed E-state index contributed by atoms with van der Waals surface area (Å²) in [7, 11) is 0. The van der Waals surface area contributed by atoms with Crippen LogP contribution in [0.1, 0.15) is 38.8 Å². The summed E-state index contributed by atoms with van der Waals surface area (Å²) >= 11 is 1.45. The van der Waals surface area contributed by atoms with Crippen molar-refractivity contribution in [1.29, 1.82) is 0 Å². The van der Waals surface area contributed by atoms with Gasteiger partial charge in [0, 0.05) is 24.7 Å². The molecule has 1 aromatic rings. The molecular formula is C21H34N6O7S. The second kappa shape index (κ2) is 15.0. The van der Waals surface area contributed by atoms with Crippen molar-refractivity contribution in [2.75, 3.05) is 12.0 Å². The molecule has 13 nitrogen and oxygen atoms in total. The molecule has 3 amide bonds. The van der Waals surface area contributed by atoms with Gasteiger partial charge in [-0.3, -0.25) is 19.2 Å². The highest BCUT2D eigenvalue weighted by atomic mass is 32.2. The lowest BCUT2D eigenvalue weighted by Gasteiger charge is -2.26. The molecule has 0 radical (unpaired) electrons. The van der Waals surface area contributed by atoms with Gasteiger partial charge < -0.3 is 36.9 Å². The van der Waals surface area contributed by atoms with Crippen molar-refractivity contribution in [3.05, 3.63) is 18.2 Å². The smallest absolute Gasteiger partial charge is 0.326 e. The summed E-state index contributed by atoms with van der Waals surface area (Å²) in [6, 6.07) is -4.48. The zero-order chi connectivity index (χ0) is 26.5. The summed E-state index contributed by atoms with van der Waals surface area (Å²) < 4.78 is 0. The van der Waals surface area contributed by atoms with E-state index in [-0.39, 0.29) is 31.6 Å². The minimum atomic E-state index is -1.19. The van der Waals surface area contributed by atoms with E-state index in [0.717, 1.165) is 0 Å². The Hall–Kier alpha value is -3.13. The molecule has 0 aliphatic carbocycles. The highest BCUT2D eigenvalue weighted by Crippen LogP contribution is 2.08. The number of rotatable bonds is 16. The van der Waals surface area contributed by atoms with Crippen molar-refractivity contribution >= 4 is 41.4 Å². The number of aromatic nitrogens is 2. The Morgan fingerprint density at radius 2 is 1.66 bits per heavy atom. The summed E-state index contributed by atoms with van der Waals surface area (Å²) in [5, 5.41) is 25.7. The number of thioether (sulfide) groups is 1. The van der Waals surface area contributed by atoms with Gasteiger partial charge in [0.2, 0.25) is 17.7 Å². The molecule has 0 saturated heterocycles. The quantitative estimate of drug-likeness (QED) is 0.144. The maximum absolute atomic E-state index is 13.1. The van der Waals surface area contributed by atoms with Crippen molar-refractivity contribution in [1.82, 2.24) is 25.9 Å². The van der Waals surface area contributed by atoms with Crippen molar-refractivity contribution in [2.45, 2.75) is 63.7 Å². The third-order valence-corrected chi connectivity index (χ3v) is 5.74. The predicted octanol–water partition coefficient (Wildman–Crippen LogP) is -0.908. The first kappa shape index (κ1) is 29.9. The lowest BCUT2D eigenvalue weighted by Crippen LogP contribution is -2.58. The van der Waals surface area contributed by atoms with Gasteiger partial charge in [0.05, 0.1) is 12.4 Å². The normalized spacial score (nSPS) is 14.4. The molecule has 1 rings (SSSR count). The molecular weight excluding hydrogens is 480 g/mol. The fourth-order valence-electron chi connectivity index (χ4n) is 3.06. The van der Waals surface area contributed by atoms with Gasteiger partial charge in [-0.05, 0) is 30.8 Å². The van der Waals surface area contributed by atoms with E-state index in [0.29, 0.717) is 11.4 Å². The zero-order valence-corrected chi connectivity index (χ0v) is 20.8. The molecule has 0 spiro atoms. The van der Waals surface area contributed by atoms with E-state index in [1.165, 1.54) is 24.3 Å². The Morgan fingerprint density at radius 3 is 2.17 bits per heavy atom. The van der Waals surface area contributed by atoms with Crippen molar-refractivity contribution < 1.29 is 34.2 Å². The number of H-pyrrole nitrogens is 1. The van der Waals surface area contributed by atoms with E-state index in [4.69, 9.17) is 10.8 Å². The average Bonchev–Trinajstić information content (AvgIpc) is 3.30. The summed E-state index contributed by atoms with van der Waals surface area (Å²) in [6.45, 7) is 3.30. The maximum Gasteiger partial charge on any atom is 0.326 e. The number of nitrogens with two attached hydrogens (primary N) is 1. The number of amides is 3. The number of carboxylic acid groups (broad SMARTS) is 2. The van der Waals surface area contributed by atoms with E-state index >= 15 is 0 Å². The summed E-state index contributed by atoms with van der Waals surface area (Å²) in [6.07, 6.45) is 4.49. The highest BCUT2D eigenvalue weighted by molar-refractivity contribution is 7.98. The van der Waals surface area contributed by atoms with Crippen molar-refractivity contribution in [2.24, 2.45) is 11.7 Å². The number of carbonyl (C=O) groups excluding carboxylic acids is 3. The monoisotopic (exact) mass is 514 g/mol. The lowest BCUT2D eigenvalue weighted by molar-refractivity contribution is -0.143. The van der Waals surface area contributed by atoms with Crippen LogP contribution >= 0.6 is 11.8 Å². The molecule has 0 aromatic carbocycles. The predicted molar refractivity (Wildman–Crippen MR) is 128 cm³/mol. The van der Waals surface area contributed by atoms with Crippen LogP contribution in [-0.2, 0) is 30.4 Å². The molecule has 35 heavy (non-hydrogen) atoms. The largest absolute Gasteiger partial charge is 0.481 e. The molecule has 1 heterocycles. The lowest BCUT2D eigenvalue weighted by atomic mass is 10.0. The number of nitrogens with zero attached hydrogens (tertiary/aromatic N) is 1. The molecule has 4 atom stereocenters. The maximum atomic E-state index is 13.1. The van der Waals surface area contributed by atoms with Crippen LogP contribution in [0.4, 0.5) is 0 Å². The first-order valence-electron chi connectivity index (χ1n) is 11.0. The van der Waals surface area contributed by atoms with E-state index in [1.807, 2.05) is 6.26 Å². The highest BCUT2D eigenvalue weighted by Gasteiger charge is 2.31. The summed E-state index contributed by atoms with van der Waals surface area (Å²) in [4.78, 5) is 67.4. The molecule has 0 bridgehead atoms.